The highest BCUT2D eigenvalue weighted by molar-refractivity contribution is 7.99. The summed E-state index contributed by atoms with van der Waals surface area (Å²) >= 11 is 1.14. The first-order chi connectivity index (χ1) is 16.0. The lowest BCUT2D eigenvalue weighted by molar-refractivity contribution is -0.410. The van der Waals surface area contributed by atoms with Crippen LogP contribution in [-0.2, 0) is 0 Å². The number of carbonyl (C=O) groups excluding carboxylic acids is 1. The number of nitrogen functional groups attached to an aromatic ring is 1. The Morgan fingerprint density at radius 3 is 2.12 bits per heavy atom. The monoisotopic (exact) mass is 461 g/mol. The molecule has 1 aromatic heterocycles. The third kappa shape index (κ3) is 4.69. The summed E-state index contributed by atoms with van der Waals surface area (Å²) in [4.78, 5) is 15.5. The Labute approximate surface area is 195 Å². The van der Waals surface area contributed by atoms with Crippen LogP contribution in [0, 0.1) is 22.7 Å². The SMILES string of the molecule is COc1cc(-c2c(C#N)c(N)[nH+]c(SCC(=O)c3ccccc3)c2C#N)cc(OC)c1OC. The van der Waals surface area contributed by atoms with Gasteiger partial charge in [-0.1, -0.05) is 42.1 Å². The number of hydrogen-bond donors (Lipinski definition) is 1. The standard InChI is InChI=1S/C24H20N4O4S/c1-30-19-9-15(10-20(31-2)22(19)32-3)21-16(11-25)23(27)28-24(17(21)12-26)33-13-18(29)14-7-5-4-6-8-14/h4-10H,13H2,1-3H3,(H2,27,28)/p+1. The van der Waals surface area contributed by atoms with Crippen LogP contribution in [0.15, 0.2) is 47.5 Å². The fraction of sp³-hybridized carbons (Fsp3) is 0.167. The smallest absolute Gasteiger partial charge is 0.289 e. The molecule has 3 rings (SSSR count). The molecule has 0 amide bonds. The second kappa shape index (κ2) is 10.4. The summed E-state index contributed by atoms with van der Waals surface area (Å²) in [6.07, 6.45) is 0. The highest BCUT2D eigenvalue weighted by Gasteiger charge is 2.26. The Morgan fingerprint density at radius 1 is 1.00 bits per heavy atom. The molecule has 8 nitrogen and oxygen atoms in total. The third-order valence-electron chi connectivity index (χ3n) is 4.86. The number of anilines is 1. The van der Waals surface area contributed by atoms with Crippen molar-refractivity contribution in [1.82, 2.24) is 0 Å². The molecule has 0 radical (unpaired) electrons. The number of ketones is 1. The summed E-state index contributed by atoms with van der Waals surface area (Å²) in [6, 6.07) is 16.3. The number of nitrogens with zero attached hydrogens (tertiary/aromatic N) is 2. The van der Waals surface area contributed by atoms with Crippen LogP contribution in [0.5, 0.6) is 17.2 Å². The molecule has 0 saturated carbocycles. The van der Waals surface area contributed by atoms with E-state index in [0.717, 1.165) is 11.8 Å². The van der Waals surface area contributed by atoms with Crippen LogP contribution in [0.1, 0.15) is 21.5 Å². The largest absolute Gasteiger partial charge is 0.493 e. The van der Waals surface area contributed by atoms with Crippen molar-refractivity contribution >= 4 is 23.4 Å². The number of carbonyl (C=O) groups is 1. The Balaban J connectivity index is 2.15. The normalized spacial score (nSPS) is 10.1. The maximum Gasteiger partial charge on any atom is 0.289 e. The molecule has 9 heteroatoms. The van der Waals surface area contributed by atoms with Crippen molar-refractivity contribution in [3.05, 3.63) is 59.2 Å². The van der Waals surface area contributed by atoms with Crippen molar-refractivity contribution in [3.63, 3.8) is 0 Å². The van der Waals surface area contributed by atoms with Crippen molar-refractivity contribution < 1.29 is 24.0 Å². The number of aromatic nitrogens is 1. The fourth-order valence-corrected chi connectivity index (χ4v) is 4.23. The van der Waals surface area contributed by atoms with Crippen LogP contribution < -0.4 is 24.9 Å². The molecule has 0 aliphatic carbocycles. The van der Waals surface area contributed by atoms with Gasteiger partial charge in [-0.25, -0.2) is 4.98 Å². The molecule has 3 N–H and O–H groups in total. The lowest BCUT2D eigenvalue weighted by Gasteiger charge is -2.16. The van der Waals surface area contributed by atoms with Gasteiger partial charge in [0.2, 0.25) is 5.75 Å². The predicted molar refractivity (Wildman–Crippen MR) is 123 cm³/mol. The summed E-state index contributed by atoms with van der Waals surface area (Å²) in [7, 11) is 4.43. The molecule has 166 valence electrons. The molecule has 0 atom stereocenters. The quantitative estimate of drug-likeness (QED) is 0.398. The number of ether oxygens (including phenoxy) is 3. The van der Waals surface area contributed by atoms with Crippen LogP contribution in [0.4, 0.5) is 5.82 Å². The highest BCUT2D eigenvalue weighted by Crippen LogP contribution is 2.43. The highest BCUT2D eigenvalue weighted by atomic mass is 32.2. The van der Waals surface area contributed by atoms with Gasteiger partial charge in [-0.15, -0.1) is 0 Å². The number of methoxy groups -OCH3 is 3. The van der Waals surface area contributed by atoms with Crippen molar-refractivity contribution in [1.29, 1.82) is 10.5 Å². The van der Waals surface area contributed by atoms with Crippen LogP contribution in [0.25, 0.3) is 11.1 Å². The Hall–Kier alpha value is -4.21. The molecule has 2 aromatic carbocycles. The van der Waals surface area contributed by atoms with Crippen molar-refractivity contribution in [2.75, 3.05) is 32.8 Å². The van der Waals surface area contributed by atoms with E-state index in [0.29, 0.717) is 39.0 Å². The van der Waals surface area contributed by atoms with E-state index in [1.165, 1.54) is 21.3 Å². The molecule has 0 fully saturated rings. The fourth-order valence-electron chi connectivity index (χ4n) is 3.31. The lowest BCUT2D eigenvalue weighted by Crippen LogP contribution is -2.19. The van der Waals surface area contributed by atoms with Gasteiger partial charge in [-0.05, 0) is 17.7 Å². The van der Waals surface area contributed by atoms with Crippen LogP contribution in [0.2, 0.25) is 0 Å². The molecule has 0 unspecified atom stereocenters. The van der Waals surface area contributed by atoms with E-state index < -0.39 is 0 Å². The lowest BCUT2D eigenvalue weighted by atomic mass is 9.96. The van der Waals surface area contributed by atoms with Gasteiger partial charge in [0.25, 0.3) is 5.82 Å². The van der Waals surface area contributed by atoms with E-state index in [1.54, 1.807) is 36.4 Å². The molecule has 0 saturated heterocycles. The number of rotatable bonds is 8. The van der Waals surface area contributed by atoms with Gasteiger partial charge in [0.15, 0.2) is 22.3 Å². The maximum atomic E-state index is 12.6. The van der Waals surface area contributed by atoms with Crippen LogP contribution >= 0.6 is 11.8 Å². The summed E-state index contributed by atoms with van der Waals surface area (Å²) in [5, 5.41) is 20.2. The van der Waals surface area contributed by atoms with Gasteiger partial charge >= 0.3 is 0 Å². The van der Waals surface area contributed by atoms with Gasteiger partial charge in [0.05, 0.1) is 27.1 Å². The first-order valence-electron chi connectivity index (χ1n) is 9.69. The maximum absolute atomic E-state index is 12.6. The number of hydrogen-bond acceptors (Lipinski definition) is 8. The van der Waals surface area contributed by atoms with Gasteiger partial charge in [-0.2, -0.15) is 10.5 Å². The van der Waals surface area contributed by atoms with Gasteiger partial charge in [0.1, 0.15) is 23.3 Å². The second-order valence-electron chi connectivity index (χ2n) is 6.71. The predicted octanol–water partition coefficient (Wildman–Crippen LogP) is 3.49. The van der Waals surface area contributed by atoms with E-state index in [9.17, 15) is 15.3 Å². The summed E-state index contributed by atoms with van der Waals surface area (Å²) in [5.74, 6) is 1.15. The second-order valence-corrected chi connectivity index (χ2v) is 7.69. The minimum absolute atomic E-state index is 0.0786. The van der Waals surface area contributed by atoms with E-state index in [4.69, 9.17) is 19.9 Å². The molecule has 0 bridgehead atoms. The zero-order valence-corrected chi connectivity index (χ0v) is 19.1. The number of nitrogens with one attached hydrogen (secondary N) is 1. The molecule has 0 spiro atoms. The van der Waals surface area contributed by atoms with E-state index in [2.05, 4.69) is 17.1 Å². The molecule has 3 aromatic rings. The van der Waals surface area contributed by atoms with Gasteiger partial charge in [0, 0.05) is 11.1 Å². The molecule has 1 heterocycles. The summed E-state index contributed by atoms with van der Waals surface area (Å²) in [5.41, 5.74) is 7.77. The number of thioether (sulfide) groups is 1. The minimum Gasteiger partial charge on any atom is -0.493 e. The number of nitrogens with two attached hydrogens (primary N) is 1. The Kier molecular flexibility index (Phi) is 7.39. The average Bonchev–Trinajstić information content (AvgIpc) is 2.86. The zero-order valence-electron chi connectivity index (χ0n) is 18.3. The van der Waals surface area contributed by atoms with E-state index >= 15 is 0 Å². The number of Topliss-reactive ketones (excluding diaryl/α,β-unsaturated/α-hetero) is 1. The van der Waals surface area contributed by atoms with Crippen molar-refractivity contribution in [2.45, 2.75) is 5.03 Å². The first-order valence-corrected chi connectivity index (χ1v) is 10.7. The number of benzene rings is 2. The van der Waals surface area contributed by atoms with Crippen LogP contribution in [0.3, 0.4) is 0 Å². The Bertz CT molecular complexity index is 1260. The first kappa shape index (κ1) is 23.5. The van der Waals surface area contributed by atoms with E-state index in [-0.39, 0.29) is 28.5 Å². The Morgan fingerprint density at radius 2 is 1.61 bits per heavy atom. The number of aromatic amines is 1. The van der Waals surface area contributed by atoms with Crippen molar-refractivity contribution in [3.8, 4) is 40.5 Å². The molecule has 0 aliphatic heterocycles. The third-order valence-corrected chi connectivity index (χ3v) is 5.87. The van der Waals surface area contributed by atoms with Gasteiger partial charge in [-0.3, -0.25) is 10.5 Å². The van der Waals surface area contributed by atoms with Crippen LogP contribution in [-0.4, -0.2) is 32.9 Å². The number of H-pyrrole nitrogens is 1. The van der Waals surface area contributed by atoms with Gasteiger partial charge < -0.3 is 14.2 Å². The number of pyridine rings is 1. The molecule has 0 aliphatic rings. The molecular weight excluding hydrogens is 440 g/mol. The van der Waals surface area contributed by atoms with Crippen molar-refractivity contribution in [2.24, 2.45) is 0 Å². The summed E-state index contributed by atoms with van der Waals surface area (Å²) in [6.45, 7) is 0. The zero-order chi connectivity index (χ0) is 24.0. The molecular formula is C24H21N4O4S+. The topological polar surface area (TPSA) is 132 Å². The number of nitriles is 2. The van der Waals surface area contributed by atoms with E-state index in [1.807, 2.05) is 6.07 Å². The molecule has 33 heavy (non-hydrogen) atoms. The minimum atomic E-state index is -0.102. The average molecular weight is 462 g/mol. The summed E-state index contributed by atoms with van der Waals surface area (Å²) < 4.78 is 16.2.